The summed E-state index contributed by atoms with van der Waals surface area (Å²) in [4.78, 5) is 5.24. The lowest BCUT2D eigenvalue weighted by atomic mass is 10.1. The largest absolute Gasteiger partial charge is 0.367 e. The van der Waals surface area contributed by atoms with Crippen LogP contribution in [0.15, 0.2) is 30.3 Å². The van der Waals surface area contributed by atoms with Gasteiger partial charge in [0.2, 0.25) is 0 Å². The molecule has 0 amide bonds. The van der Waals surface area contributed by atoms with Crippen LogP contribution in [0, 0.1) is 5.92 Å². The summed E-state index contributed by atoms with van der Waals surface area (Å²) >= 11 is 4.31. The second-order valence-corrected chi connectivity index (χ2v) is 5.93. The number of thiol groups is 1. The topological polar surface area (TPSA) is 6.48 Å². The summed E-state index contributed by atoms with van der Waals surface area (Å²) in [6.45, 7) is 4.99. The fourth-order valence-corrected chi connectivity index (χ4v) is 3.61. The van der Waals surface area contributed by atoms with Crippen LogP contribution in [0.4, 0.5) is 5.69 Å². The predicted octanol–water partition coefficient (Wildman–Crippen LogP) is 2.52. The monoisotopic (exact) mass is 262 g/mol. The minimum absolute atomic E-state index is 0.743. The molecule has 0 aromatic heterocycles. The highest BCUT2D eigenvalue weighted by Gasteiger charge is 2.40. The van der Waals surface area contributed by atoms with Crippen molar-refractivity contribution in [2.24, 2.45) is 5.92 Å². The Morgan fingerprint density at radius 1 is 1.17 bits per heavy atom. The van der Waals surface area contributed by atoms with E-state index in [-0.39, 0.29) is 0 Å². The van der Waals surface area contributed by atoms with E-state index < -0.39 is 0 Å². The van der Waals surface area contributed by atoms with Crippen molar-refractivity contribution < 1.29 is 0 Å². The lowest BCUT2D eigenvalue weighted by molar-refractivity contribution is 0.319. The second-order valence-electron chi connectivity index (χ2n) is 5.48. The van der Waals surface area contributed by atoms with Gasteiger partial charge in [-0.3, -0.25) is 0 Å². The quantitative estimate of drug-likeness (QED) is 0.833. The number of likely N-dealkylation sites (tertiary alicyclic amines) is 1. The Balaban J connectivity index is 1.66. The van der Waals surface area contributed by atoms with Crippen LogP contribution in [0.5, 0.6) is 0 Å². The molecule has 2 aliphatic heterocycles. The lowest BCUT2D eigenvalue weighted by Gasteiger charge is -2.27. The lowest BCUT2D eigenvalue weighted by Crippen LogP contribution is -2.35. The molecule has 0 radical (unpaired) electrons. The van der Waals surface area contributed by atoms with E-state index in [0.717, 1.165) is 17.7 Å². The Labute approximate surface area is 115 Å². The number of para-hydroxylation sites is 1. The van der Waals surface area contributed by atoms with Crippen molar-refractivity contribution in [1.82, 2.24) is 4.90 Å². The fraction of sp³-hybridized carbons (Fsp3) is 0.600. The molecule has 0 N–H and O–H groups in total. The van der Waals surface area contributed by atoms with Crippen molar-refractivity contribution in [1.29, 1.82) is 0 Å². The van der Waals surface area contributed by atoms with E-state index in [0.29, 0.717) is 0 Å². The van der Waals surface area contributed by atoms with Gasteiger partial charge in [-0.25, -0.2) is 0 Å². The summed E-state index contributed by atoms with van der Waals surface area (Å²) in [6, 6.07) is 11.6. The Kier molecular flexibility index (Phi) is 3.80. The van der Waals surface area contributed by atoms with Crippen molar-refractivity contribution in [3.8, 4) is 0 Å². The zero-order valence-electron chi connectivity index (χ0n) is 10.8. The molecule has 2 heterocycles. The van der Waals surface area contributed by atoms with Crippen LogP contribution in [0.1, 0.15) is 12.8 Å². The van der Waals surface area contributed by atoms with Crippen LogP contribution < -0.4 is 4.90 Å². The van der Waals surface area contributed by atoms with E-state index in [9.17, 15) is 0 Å². The summed E-state index contributed by atoms with van der Waals surface area (Å²) in [5.74, 6) is 1.89. The van der Waals surface area contributed by atoms with Gasteiger partial charge in [-0.2, -0.15) is 12.6 Å². The Morgan fingerprint density at radius 3 is 2.78 bits per heavy atom. The molecule has 2 nitrogen and oxygen atoms in total. The SMILES string of the molecule is SCCCN1CC2[C@H](CCN2c2ccccc2)C1. The van der Waals surface area contributed by atoms with Gasteiger partial charge in [0.15, 0.2) is 0 Å². The first-order chi connectivity index (χ1) is 8.88. The van der Waals surface area contributed by atoms with Crippen LogP contribution in [0.25, 0.3) is 0 Å². The average molecular weight is 262 g/mol. The molecule has 1 aromatic carbocycles. The third-order valence-electron chi connectivity index (χ3n) is 4.34. The van der Waals surface area contributed by atoms with Crippen molar-refractivity contribution in [3.63, 3.8) is 0 Å². The fourth-order valence-electron chi connectivity index (χ4n) is 3.47. The van der Waals surface area contributed by atoms with Crippen molar-refractivity contribution in [2.45, 2.75) is 18.9 Å². The molecule has 2 saturated heterocycles. The van der Waals surface area contributed by atoms with Gasteiger partial charge in [0.05, 0.1) is 0 Å². The highest BCUT2D eigenvalue weighted by atomic mass is 32.1. The molecule has 2 atom stereocenters. The third-order valence-corrected chi connectivity index (χ3v) is 4.66. The van der Waals surface area contributed by atoms with Crippen molar-refractivity contribution in [2.75, 3.05) is 36.8 Å². The molecule has 98 valence electrons. The molecule has 3 rings (SSSR count). The van der Waals surface area contributed by atoms with Gasteiger partial charge in [0.25, 0.3) is 0 Å². The van der Waals surface area contributed by atoms with E-state index in [4.69, 9.17) is 0 Å². The molecule has 1 unspecified atom stereocenters. The van der Waals surface area contributed by atoms with Crippen LogP contribution in [-0.4, -0.2) is 42.9 Å². The van der Waals surface area contributed by atoms with Gasteiger partial charge in [-0.05, 0) is 43.2 Å². The molecule has 3 heteroatoms. The first-order valence-electron chi connectivity index (χ1n) is 7.03. The summed E-state index contributed by atoms with van der Waals surface area (Å²) < 4.78 is 0. The van der Waals surface area contributed by atoms with Crippen molar-refractivity contribution in [3.05, 3.63) is 30.3 Å². The maximum absolute atomic E-state index is 4.31. The normalized spacial score (nSPS) is 27.7. The van der Waals surface area contributed by atoms with Crippen LogP contribution in [-0.2, 0) is 0 Å². The number of benzene rings is 1. The van der Waals surface area contributed by atoms with Gasteiger partial charge in [-0.1, -0.05) is 18.2 Å². The first-order valence-corrected chi connectivity index (χ1v) is 7.66. The number of rotatable bonds is 4. The minimum atomic E-state index is 0.743. The molecule has 1 aromatic rings. The van der Waals surface area contributed by atoms with Crippen LogP contribution in [0.3, 0.4) is 0 Å². The van der Waals surface area contributed by atoms with Gasteiger partial charge in [0, 0.05) is 31.4 Å². The second kappa shape index (κ2) is 5.54. The molecule has 0 saturated carbocycles. The number of anilines is 1. The third kappa shape index (κ3) is 2.39. The zero-order chi connectivity index (χ0) is 12.4. The predicted molar refractivity (Wildman–Crippen MR) is 80.6 cm³/mol. The Hall–Kier alpha value is -0.670. The Morgan fingerprint density at radius 2 is 2.00 bits per heavy atom. The van der Waals surface area contributed by atoms with E-state index >= 15 is 0 Å². The van der Waals surface area contributed by atoms with Gasteiger partial charge in [-0.15, -0.1) is 0 Å². The van der Waals surface area contributed by atoms with Crippen LogP contribution >= 0.6 is 12.6 Å². The Bertz CT molecular complexity index is 381. The summed E-state index contributed by atoms with van der Waals surface area (Å²) in [5, 5.41) is 0. The smallest absolute Gasteiger partial charge is 0.0458 e. The summed E-state index contributed by atoms with van der Waals surface area (Å²) in [5.41, 5.74) is 1.40. The molecule has 0 spiro atoms. The number of hydrogen-bond donors (Lipinski definition) is 1. The number of hydrogen-bond acceptors (Lipinski definition) is 3. The molecule has 2 fully saturated rings. The molecule has 0 aliphatic carbocycles. The molecule has 0 bridgehead atoms. The maximum atomic E-state index is 4.31. The highest BCUT2D eigenvalue weighted by molar-refractivity contribution is 7.80. The maximum Gasteiger partial charge on any atom is 0.0458 e. The number of nitrogens with zero attached hydrogens (tertiary/aromatic N) is 2. The van der Waals surface area contributed by atoms with E-state index in [1.54, 1.807) is 0 Å². The van der Waals surface area contributed by atoms with E-state index in [1.165, 1.54) is 44.7 Å². The molecular weight excluding hydrogens is 240 g/mol. The first kappa shape index (κ1) is 12.4. The van der Waals surface area contributed by atoms with Gasteiger partial charge in [0.1, 0.15) is 0 Å². The highest BCUT2D eigenvalue weighted by Crippen LogP contribution is 2.34. The molecule has 18 heavy (non-hydrogen) atoms. The summed E-state index contributed by atoms with van der Waals surface area (Å²) in [7, 11) is 0. The van der Waals surface area contributed by atoms with E-state index in [1.807, 2.05) is 0 Å². The number of fused-ring (bicyclic) bond motifs is 1. The molecule has 2 aliphatic rings. The van der Waals surface area contributed by atoms with Crippen LogP contribution in [0.2, 0.25) is 0 Å². The van der Waals surface area contributed by atoms with Gasteiger partial charge < -0.3 is 9.80 Å². The minimum Gasteiger partial charge on any atom is -0.367 e. The van der Waals surface area contributed by atoms with Gasteiger partial charge >= 0.3 is 0 Å². The zero-order valence-corrected chi connectivity index (χ0v) is 11.7. The standard InChI is InChI=1S/C15H22N2S/c18-10-4-8-16-11-13-7-9-17(15(13)12-16)14-5-2-1-3-6-14/h1-3,5-6,13,15,18H,4,7-12H2/t13-,15?/m1/s1. The molecular formula is C15H22N2S. The van der Waals surface area contributed by atoms with E-state index in [2.05, 4.69) is 52.8 Å². The van der Waals surface area contributed by atoms with Crippen molar-refractivity contribution >= 4 is 18.3 Å². The average Bonchev–Trinajstić information content (AvgIpc) is 2.96. The summed E-state index contributed by atoms with van der Waals surface area (Å²) in [6.07, 6.45) is 2.57.